The third-order valence-corrected chi connectivity index (χ3v) is 2.69. The molecule has 1 atom stereocenters. The van der Waals surface area contributed by atoms with Gasteiger partial charge in [-0.2, -0.15) is 0 Å². The summed E-state index contributed by atoms with van der Waals surface area (Å²) in [5.74, 6) is 0.754. The zero-order chi connectivity index (χ0) is 12.1. The molecule has 1 aromatic carbocycles. The van der Waals surface area contributed by atoms with Gasteiger partial charge in [-0.25, -0.2) is 4.39 Å². The topological polar surface area (TPSA) is 25.2 Å². The first kappa shape index (κ1) is 11.9. The number of rotatable bonds is 5. The van der Waals surface area contributed by atoms with Crippen LogP contribution in [0.25, 0.3) is 0 Å². The maximum Gasteiger partial charge on any atom is 0.126 e. The summed E-state index contributed by atoms with van der Waals surface area (Å²) in [5, 5.41) is 3.30. The van der Waals surface area contributed by atoms with Crippen LogP contribution in [-0.2, 0) is 13.0 Å². The highest BCUT2D eigenvalue weighted by Crippen LogP contribution is 2.09. The first-order valence-corrected chi connectivity index (χ1v) is 5.75. The van der Waals surface area contributed by atoms with Gasteiger partial charge in [0.2, 0.25) is 0 Å². The molecule has 90 valence electrons. The Hall–Kier alpha value is -1.61. The maximum atomic E-state index is 13.4. The van der Waals surface area contributed by atoms with Crippen molar-refractivity contribution < 1.29 is 8.81 Å². The van der Waals surface area contributed by atoms with Gasteiger partial charge in [0.25, 0.3) is 0 Å². The van der Waals surface area contributed by atoms with E-state index in [0.717, 1.165) is 11.3 Å². The Bertz CT molecular complexity index is 453. The van der Waals surface area contributed by atoms with Gasteiger partial charge in [-0.05, 0) is 37.1 Å². The van der Waals surface area contributed by atoms with E-state index < -0.39 is 0 Å². The maximum absolute atomic E-state index is 13.4. The van der Waals surface area contributed by atoms with Crippen molar-refractivity contribution in [2.45, 2.75) is 25.9 Å². The fourth-order valence-corrected chi connectivity index (χ4v) is 1.75. The molecule has 0 radical (unpaired) electrons. The van der Waals surface area contributed by atoms with Crippen molar-refractivity contribution in [2.75, 3.05) is 0 Å². The van der Waals surface area contributed by atoms with Gasteiger partial charge < -0.3 is 9.73 Å². The molecule has 0 amide bonds. The first-order valence-electron chi connectivity index (χ1n) is 5.75. The number of halogens is 1. The molecule has 0 aliphatic rings. The van der Waals surface area contributed by atoms with Gasteiger partial charge in [0.1, 0.15) is 11.6 Å². The fourth-order valence-electron chi connectivity index (χ4n) is 1.75. The lowest BCUT2D eigenvalue weighted by Gasteiger charge is -2.13. The molecule has 0 aliphatic heterocycles. The largest absolute Gasteiger partial charge is 0.468 e. The normalized spacial score (nSPS) is 12.6. The van der Waals surface area contributed by atoms with E-state index in [-0.39, 0.29) is 11.9 Å². The fraction of sp³-hybridized carbons (Fsp3) is 0.286. The lowest BCUT2D eigenvalue weighted by Crippen LogP contribution is -2.27. The van der Waals surface area contributed by atoms with Gasteiger partial charge in [0.15, 0.2) is 0 Å². The summed E-state index contributed by atoms with van der Waals surface area (Å²) >= 11 is 0. The van der Waals surface area contributed by atoms with E-state index in [1.165, 1.54) is 6.07 Å². The Labute approximate surface area is 100 Å². The van der Waals surface area contributed by atoms with Gasteiger partial charge in [0, 0.05) is 6.04 Å². The van der Waals surface area contributed by atoms with Crippen LogP contribution in [0, 0.1) is 5.82 Å². The third kappa shape index (κ3) is 3.43. The minimum atomic E-state index is -0.140. The zero-order valence-electron chi connectivity index (χ0n) is 9.82. The summed E-state index contributed by atoms with van der Waals surface area (Å²) in [6, 6.07) is 10.9. The minimum absolute atomic E-state index is 0.140. The molecule has 1 heterocycles. The molecule has 3 heteroatoms. The van der Waals surface area contributed by atoms with E-state index in [0.29, 0.717) is 13.0 Å². The van der Waals surface area contributed by atoms with Crippen LogP contribution >= 0.6 is 0 Å². The summed E-state index contributed by atoms with van der Waals surface area (Å²) < 4.78 is 18.6. The second-order valence-corrected chi connectivity index (χ2v) is 4.16. The molecular formula is C14H16FNO. The van der Waals surface area contributed by atoms with Crippen LogP contribution < -0.4 is 5.32 Å². The molecule has 1 N–H and O–H groups in total. The summed E-state index contributed by atoms with van der Waals surface area (Å²) in [6.07, 6.45) is 2.33. The van der Waals surface area contributed by atoms with Crippen LogP contribution in [0.2, 0.25) is 0 Å². The smallest absolute Gasteiger partial charge is 0.126 e. The Kier molecular flexibility index (Phi) is 3.94. The second-order valence-electron chi connectivity index (χ2n) is 4.16. The predicted molar refractivity (Wildman–Crippen MR) is 65.1 cm³/mol. The van der Waals surface area contributed by atoms with Crippen LogP contribution in [0.1, 0.15) is 18.2 Å². The Morgan fingerprint density at radius 1 is 1.24 bits per heavy atom. The molecule has 0 spiro atoms. The molecule has 0 fully saturated rings. The van der Waals surface area contributed by atoms with E-state index in [9.17, 15) is 4.39 Å². The van der Waals surface area contributed by atoms with Gasteiger partial charge in [-0.1, -0.05) is 18.2 Å². The molecule has 0 saturated carbocycles. The van der Waals surface area contributed by atoms with Crippen molar-refractivity contribution in [3.8, 4) is 0 Å². The lowest BCUT2D eigenvalue weighted by molar-refractivity contribution is 0.450. The quantitative estimate of drug-likeness (QED) is 0.858. The summed E-state index contributed by atoms with van der Waals surface area (Å²) in [4.78, 5) is 0. The molecule has 2 aromatic rings. The van der Waals surface area contributed by atoms with E-state index in [4.69, 9.17) is 4.42 Å². The average molecular weight is 233 g/mol. The SMILES string of the molecule is CC(Cc1ccccc1F)NCc1ccco1. The molecule has 0 saturated heterocycles. The van der Waals surface area contributed by atoms with Crippen LogP contribution in [0.4, 0.5) is 4.39 Å². The molecule has 0 aliphatic carbocycles. The van der Waals surface area contributed by atoms with Crippen LogP contribution in [-0.4, -0.2) is 6.04 Å². The first-order chi connectivity index (χ1) is 8.25. The second kappa shape index (κ2) is 5.64. The van der Waals surface area contributed by atoms with Gasteiger partial charge in [0.05, 0.1) is 12.8 Å². The monoisotopic (exact) mass is 233 g/mol. The number of hydrogen-bond acceptors (Lipinski definition) is 2. The van der Waals surface area contributed by atoms with Crippen molar-refractivity contribution in [2.24, 2.45) is 0 Å². The minimum Gasteiger partial charge on any atom is -0.468 e. The Morgan fingerprint density at radius 2 is 2.06 bits per heavy atom. The summed E-state index contributed by atoms with van der Waals surface area (Å²) in [6.45, 7) is 2.71. The average Bonchev–Trinajstić information content (AvgIpc) is 2.82. The lowest BCUT2D eigenvalue weighted by atomic mass is 10.1. The summed E-state index contributed by atoms with van der Waals surface area (Å²) in [7, 11) is 0. The molecule has 0 bridgehead atoms. The zero-order valence-corrected chi connectivity index (χ0v) is 9.82. The van der Waals surface area contributed by atoms with E-state index in [1.807, 2.05) is 31.2 Å². The molecule has 1 aromatic heterocycles. The number of hydrogen-bond donors (Lipinski definition) is 1. The number of benzene rings is 1. The summed E-state index contributed by atoms with van der Waals surface area (Å²) in [5.41, 5.74) is 0.743. The van der Waals surface area contributed by atoms with Gasteiger partial charge in [-0.15, -0.1) is 0 Å². The number of nitrogens with one attached hydrogen (secondary N) is 1. The van der Waals surface area contributed by atoms with Gasteiger partial charge >= 0.3 is 0 Å². The van der Waals surface area contributed by atoms with Crippen LogP contribution in [0.15, 0.2) is 47.1 Å². The van der Waals surface area contributed by atoms with Crippen molar-refractivity contribution in [1.29, 1.82) is 0 Å². The molecule has 1 unspecified atom stereocenters. The van der Waals surface area contributed by atoms with Crippen molar-refractivity contribution in [3.05, 3.63) is 59.8 Å². The predicted octanol–water partition coefficient (Wildman–Crippen LogP) is 3.14. The number of furan rings is 1. The Balaban J connectivity index is 1.85. The highest BCUT2D eigenvalue weighted by atomic mass is 19.1. The molecule has 2 rings (SSSR count). The standard InChI is InChI=1S/C14H16FNO/c1-11(16-10-13-6-4-8-17-13)9-12-5-2-3-7-14(12)15/h2-8,11,16H,9-10H2,1H3. The van der Waals surface area contributed by atoms with Crippen LogP contribution in [0.5, 0.6) is 0 Å². The molecule has 2 nitrogen and oxygen atoms in total. The molecular weight excluding hydrogens is 217 g/mol. The third-order valence-electron chi connectivity index (χ3n) is 2.69. The molecule has 17 heavy (non-hydrogen) atoms. The van der Waals surface area contributed by atoms with Crippen molar-refractivity contribution in [3.63, 3.8) is 0 Å². The van der Waals surface area contributed by atoms with E-state index in [2.05, 4.69) is 5.32 Å². The van der Waals surface area contributed by atoms with Gasteiger partial charge in [-0.3, -0.25) is 0 Å². The van der Waals surface area contributed by atoms with Crippen molar-refractivity contribution >= 4 is 0 Å². The highest BCUT2D eigenvalue weighted by Gasteiger charge is 2.07. The van der Waals surface area contributed by atoms with E-state index >= 15 is 0 Å². The van der Waals surface area contributed by atoms with E-state index in [1.54, 1.807) is 12.3 Å². The highest BCUT2D eigenvalue weighted by molar-refractivity contribution is 5.18. The Morgan fingerprint density at radius 3 is 2.76 bits per heavy atom. The van der Waals surface area contributed by atoms with Crippen molar-refractivity contribution in [1.82, 2.24) is 5.32 Å². The van der Waals surface area contributed by atoms with Crippen LogP contribution in [0.3, 0.4) is 0 Å².